The summed E-state index contributed by atoms with van der Waals surface area (Å²) in [5, 5.41) is 7.25. The molecule has 2 atom stereocenters. The number of carbonyl (C=O) groups is 1. The molecule has 2 aromatic heterocycles. The summed E-state index contributed by atoms with van der Waals surface area (Å²) in [7, 11) is 0. The van der Waals surface area contributed by atoms with E-state index in [1.807, 2.05) is 25.1 Å². The van der Waals surface area contributed by atoms with Crippen LogP contribution in [0.25, 0.3) is 11.5 Å². The first-order valence-corrected chi connectivity index (χ1v) is 8.50. The number of rotatable bonds is 4. The van der Waals surface area contributed by atoms with Crippen molar-refractivity contribution in [2.24, 2.45) is 5.92 Å². The van der Waals surface area contributed by atoms with Crippen molar-refractivity contribution in [1.29, 1.82) is 0 Å². The van der Waals surface area contributed by atoms with Crippen molar-refractivity contribution in [1.82, 2.24) is 4.98 Å². The minimum absolute atomic E-state index is 0.0930. The molecule has 0 saturated heterocycles. The van der Waals surface area contributed by atoms with Crippen LogP contribution in [-0.2, 0) is 4.79 Å². The summed E-state index contributed by atoms with van der Waals surface area (Å²) >= 11 is 1.68. The largest absolute Gasteiger partial charge is 0.445 e. The average Bonchev–Trinajstić information content (AvgIpc) is 2.96. The van der Waals surface area contributed by atoms with Gasteiger partial charge in [0, 0.05) is 17.2 Å². The summed E-state index contributed by atoms with van der Waals surface area (Å²) in [5.41, 5.74) is 4.04. The SMILES string of the molecule is Cc1cc(-c2ncco2)ccc1NC(=O)[C@@H]1C[C@H]1c1ccsc1. The summed E-state index contributed by atoms with van der Waals surface area (Å²) in [6, 6.07) is 7.91. The van der Waals surface area contributed by atoms with Gasteiger partial charge in [0.2, 0.25) is 11.8 Å². The van der Waals surface area contributed by atoms with Gasteiger partial charge in [0.15, 0.2) is 0 Å². The molecule has 3 aromatic rings. The van der Waals surface area contributed by atoms with Crippen LogP contribution in [0.1, 0.15) is 23.5 Å². The molecule has 1 amide bonds. The van der Waals surface area contributed by atoms with E-state index in [1.54, 1.807) is 23.8 Å². The number of oxazole rings is 1. The number of nitrogens with zero attached hydrogens (tertiary/aromatic N) is 1. The quantitative estimate of drug-likeness (QED) is 0.771. The molecule has 0 unspecified atom stereocenters. The number of amides is 1. The Hall–Kier alpha value is -2.40. The molecule has 1 N–H and O–H groups in total. The summed E-state index contributed by atoms with van der Waals surface area (Å²) < 4.78 is 5.30. The van der Waals surface area contributed by atoms with Crippen LogP contribution in [0.2, 0.25) is 0 Å². The molecular formula is C18H16N2O2S. The first-order valence-electron chi connectivity index (χ1n) is 7.56. The van der Waals surface area contributed by atoms with E-state index >= 15 is 0 Å². The van der Waals surface area contributed by atoms with Crippen molar-refractivity contribution in [3.8, 4) is 11.5 Å². The highest BCUT2D eigenvalue weighted by atomic mass is 32.1. The maximum Gasteiger partial charge on any atom is 0.228 e. The third-order valence-corrected chi connectivity index (χ3v) is 4.96. The smallest absolute Gasteiger partial charge is 0.228 e. The van der Waals surface area contributed by atoms with Gasteiger partial charge in [0.1, 0.15) is 6.26 Å². The van der Waals surface area contributed by atoms with Crippen LogP contribution in [-0.4, -0.2) is 10.9 Å². The van der Waals surface area contributed by atoms with Gasteiger partial charge in [-0.05, 0) is 65.4 Å². The van der Waals surface area contributed by atoms with E-state index in [-0.39, 0.29) is 11.8 Å². The third-order valence-electron chi connectivity index (χ3n) is 4.26. The van der Waals surface area contributed by atoms with Gasteiger partial charge >= 0.3 is 0 Å². The lowest BCUT2D eigenvalue weighted by Gasteiger charge is -2.09. The first-order chi connectivity index (χ1) is 11.2. The van der Waals surface area contributed by atoms with Crippen molar-refractivity contribution < 1.29 is 9.21 Å². The number of carbonyl (C=O) groups excluding carboxylic acids is 1. The van der Waals surface area contributed by atoms with Crippen molar-refractivity contribution in [3.63, 3.8) is 0 Å². The fourth-order valence-electron chi connectivity index (χ4n) is 2.87. The van der Waals surface area contributed by atoms with Crippen molar-refractivity contribution in [2.45, 2.75) is 19.3 Å². The monoisotopic (exact) mass is 324 g/mol. The van der Waals surface area contributed by atoms with Gasteiger partial charge in [0.05, 0.1) is 6.20 Å². The van der Waals surface area contributed by atoms with Crippen LogP contribution in [0, 0.1) is 12.8 Å². The van der Waals surface area contributed by atoms with Crippen LogP contribution >= 0.6 is 11.3 Å². The zero-order valence-electron chi connectivity index (χ0n) is 12.7. The molecule has 116 valence electrons. The van der Waals surface area contributed by atoms with Gasteiger partial charge in [-0.1, -0.05) is 0 Å². The lowest BCUT2D eigenvalue weighted by molar-refractivity contribution is -0.117. The molecule has 1 aromatic carbocycles. The molecule has 4 rings (SSSR count). The highest BCUT2D eigenvalue weighted by Gasteiger charge is 2.44. The van der Waals surface area contributed by atoms with E-state index in [0.29, 0.717) is 11.8 Å². The standard InChI is InChI=1S/C18H16N2O2S/c1-11-8-12(18-19-5-6-22-18)2-3-16(11)20-17(21)15-9-14(15)13-4-7-23-10-13/h2-8,10,14-15H,9H2,1H3,(H,20,21)/t14-,15+/m0/s1. The number of thiophene rings is 1. The molecule has 4 nitrogen and oxygen atoms in total. The Balaban J connectivity index is 1.46. The van der Waals surface area contributed by atoms with Gasteiger partial charge in [-0.2, -0.15) is 11.3 Å². The molecule has 5 heteroatoms. The van der Waals surface area contributed by atoms with Crippen LogP contribution in [0.15, 0.2) is 51.9 Å². The molecular weight excluding hydrogens is 308 g/mol. The van der Waals surface area contributed by atoms with E-state index in [4.69, 9.17) is 4.42 Å². The zero-order valence-corrected chi connectivity index (χ0v) is 13.5. The number of aryl methyl sites for hydroxylation is 1. The van der Waals surface area contributed by atoms with Crippen molar-refractivity contribution in [2.75, 3.05) is 5.32 Å². The third kappa shape index (κ3) is 2.80. The molecule has 1 aliphatic rings. The Morgan fingerprint density at radius 2 is 2.30 bits per heavy atom. The Morgan fingerprint density at radius 1 is 1.39 bits per heavy atom. The van der Waals surface area contributed by atoms with Gasteiger partial charge < -0.3 is 9.73 Å². The molecule has 0 bridgehead atoms. The van der Waals surface area contributed by atoms with Crippen LogP contribution in [0.5, 0.6) is 0 Å². The number of anilines is 1. The predicted molar refractivity (Wildman–Crippen MR) is 90.5 cm³/mol. The van der Waals surface area contributed by atoms with E-state index in [1.165, 1.54) is 5.56 Å². The van der Waals surface area contributed by atoms with Gasteiger partial charge in [-0.3, -0.25) is 4.79 Å². The topological polar surface area (TPSA) is 55.1 Å². The fourth-order valence-corrected chi connectivity index (χ4v) is 3.59. The van der Waals surface area contributed by atoms with Gasteiger partial charge in [-0.15, -0.1) is 0 Å². The number of hydrogen-bond acceptors (Lipinski definition) is 4. The maximum absolute atomic E-state index is 12.4. The molecule has 0 radical (unpaired) electrons. The molecule has 2 heterocycles. The summed E-state index contributed by atoms with van der Waals surface area (Å²) in [6.45, 7) is 1.98. The Bertz CT molecular complexity index is 825. The highest BCUT2D eigenvalue weighted by molar-refractivity contribution is 7.08. The number of aromatic nitrogens is 1. The van der Waals surface area contributed by atoms with E-state index in [2.05, 4.69) is 27.1 Å². The molecule has 0 spiro atoms. The number of benzene rings is 1. The van der Waals surface area contributed by atoms with Gasteiger partial charge in [-0.25, -0.2) is 4.98 Å². The fraction of sp³-hybridized carbons (Fsp3) is 0.222. The second kappa shape index (κ2) is 5.66. The maximum atomic E-state index is 12.4. The van der Waals surface area contributed by atoms with Crippen LogP contribution in [0.3, 0.4) is 0 Å². The molecule has 1 fully saturated rings. The van der Waals surface area contributed by atoms with Crippen molar-refractivity contribution >= 4 is 22.9 Å². The Labute approximate surface area is 138 Å². The second-order valence-electron chi connectivity index (χ2n) is 5.86. The summed E-state index contributed by atoms with van der Waals surface area (Å²) in [4.78, 5) is 16.5. The number of nitrogens with one attached hydrogen (secondary N) is 1. The van der Waals surface area contributed by atoms with E-state index < -0.39 is 0 Å². The molecule has 1 saturated carbocycles. The molecule has 0 aliphatic heterocycles. The normalized spacial score (nSPS) is 19.5. The summed E-state index contributed by atoms with van der Waals surface area (Å²) in [6.07, 6.45) is 4.12. The molecule has 23 heavy (non-hydrogen) atoms. The van der Waals surface area contributed by atoms with E-state index in [9.17, 15) is 4.79 Å². The Morgan fingerprint density at radius 3 is 3.00 bits per heavy atom. The number of hydrogen-bond donors (Lipinski definition) is 1. The van der Waals surface area contributed by atoms with Crippen molar-refractivity contribution in [3.05, 3.63) is 58.6 Å². The molecule has 1 aliphatic carbocycles. The summed E-state index contributed by atoms with van der Waals surface area (Å²) in [5.74, 6) is 1.17. The Kier molecular flexibility index (Phi) is 3.50. The average molecular weight is 324 g/mol. The predicted octanol–water partition coefficient (Wildman–Crippen LogP) is 4.45. The minimum atomic E-state index is 0.0930. The van der Waals surface area contributed by atoms with E-state index in [0.717, 1.165) is 23.2 Å². The lowest BCUT2D eigenvalue weighted by Crippen LogP contribution is -2.15. The minimum Gasteiger partial charge on any atom is -0.445 e. The highest BCUT2D eigenvalue weighted by Crippen LogP contribution is 2.48. The van der Waals surface area contributed by atoms with Crippen LogP contribution in [0.4, 0.5) is 5.69 Å². The van der Waals surface area contributed by atoms with Crippen LogP contribution < -0.4 is 5.32 Å². The zero-order chi connectivity index (χ0) is 15.8. The first kappa shape index (κ1) is 14.2. The second-order valence-corrected chi connectivity index (χ2v) is 6.64. The lowest BCUT2D eigenvalue weighted by atomic mass is 10.1. The van der Waals surface area contributed by atoms with Gasteiger partial charge in [0.25, 0.3) is 0 Å².